The number of benzene rings is 2. The third kappa shape index (κ3) is 5.51. The van der Waals surface area contributed by atoms with Gasteiger partial charge in [0.15, 0.2) is 11.5 Å². The van der Waals surface area contributed by atoms with E-state index in [1.165, 1.54) is 18.4 Å². The predicted octanol–water partition coefficient (Wildman–Crippen LogP) is 4.43. The van der Waals surface area contributed by atoms with Gasteiger partial charge in [0.05, 0.1) is 20.3 Å². The number of likely N-dealkylation sites (tertiary alicyclic amines) is 1. The van der Waals surface area contributed by atoms with E-state index in [1.807, 2.05) is 37.3 Å². The minimum Gasteiger partial charge on any atom is -0.493 e. The lowest BCUT2D eigenvalue weighted by Gasteiger charge is -2.30. The summed E-state index contributed by atoms with van der Waals surface area (Å²) in [7, 11) is 3.22. The van der Waals surface area contributed by atoms with Crippen LogP contribution in [0.5, 0.6) is 11.5 Å². The van der Waals surface area contributed by atoms with E-state index >= 15 is 0 Å². The molecule has 5 heteroatoms. The molecule has 29 heavy (non-hydrogen) atoms. The molecule has 2 atom stereocenters. The number of amides is 1. The second-order valence-electron chi connectivity index (χ2n) is 7.99. The van der Waals surface area contributed by atoms with Crippen LogP contribution in [0.4, 0.5) is 0 Å². The van der Waals surface area contributed by atoms with Crippen LogP contribution in [0, 0.1) is 5.92 Å². The van der Waals surface area contributed by atoms with E-state index in [-0.39, 0.29) is 11.9 Å². The number of carbonyl (C=O) groups excluding carboxylic acids is 1. The summed E-state index contributed by atoms with van der Waals surface area (Å²) in [6.07, 6.45) is 2.60. The molecule has 5 nitrogen and oxygen atoms in total. The molecule has 1 aliphatic rings. The summed E-state index contributed by atoms with van der Waals surface area (Å²) in [6.45, 7) is 7.55. The molecule has 0 radical (unpaired) electrons. The van der Waals surface area contributed by atoms with Crippen molar-refractivity contribution in [1.82, 2.24) is 10.2 Å². The van der Waals surface area contributed by atoms with Gasteiger partial charge in [-0.2, -0.15) is 0 Å². The van der Waals surface area contributed by atoms with Crippen molar-refractivity contribution < 1.29 is 14.3 Å². The molecule has 1 heterocycles. The molecular weight excluding hydrogens is 364 g/mol. The second-order valence-corrected chi connectivity index (χ2v) is 7.99. The van der Waals surface area contributed by atoms with Gasteiger partial charge >= 0.3 is 0 Å². The molecule has 0 saturated carbocycles. The average molecular weight is 397 g/mol. The summed E-state index contributed by atoms with van der Waals surface area (Å²) in [5.74, 6) is 2.02. The van der Waals surface area contributed by atoms with Gasteiger partial charge in [0, 0.05) is 18.7 Å². The topological polar surface area (TPSA) is 50.8 Å². The van der Waals surface area contributed by atoms with Gasteiger partial charge in [-0.3, -0.25) is 9.69 Å². The number of nitrogens with one attached hydrogen (secondary N) is 1. The Bertz CT molecular complexity index is 819. The maximum atomic E-state index is 12.7. The number of piperidine rings is 1. The first kappa shape index (κ1) is 21.2. The number of ether oxygens (including phenoxy) is 2. The zero-order chi connectivity index (χ0) is 20.8. The fraction of sp³-hybridized carbons (Fsp3) is 0.458. The first-order valence-corrected chi connectivity index (χ1v) is 10.3. The lowest BCUT2D eigenvalue weighted by atomic mass is 9.99. The van der Waals surface area contributed by atoms with Crippen molar-refractivity contribution in [3.8, 4) is 11.5 Å². The number of carbonyl (C=O) groups is 1. The van der Waals surface area contributed by atoms with E-state index in [9.17, 15) is 4.79 Å². The van der Waals surface area contributed by atoms with E-state index in [0.29, 0.717) is 17.1 Å². The summed E-state index contributed by atoms with van der Waals surface area (Å²) < 4.78 is 10.6. The smallest absolute Gasteiger partial charge is 0.251 e. The summed E-state index contributed by atoms with van der Waals surface area (Å²) in [4.78, 5) is 15.2. The first-order chi connectivity index (χ1) is 14.0. The van der Waals surface area contributed by atoms with Crippen molar-refractivity contribution in [1.29, 1.82) is 0 Å². The van der Waals surface area contributed by atoms with Crippen LogP contribution >= 0.6 is 0 Å². The van der Waals surface area contributed by atoms with Crippen LogP contribution in [0.15, 0.2) is 42.5 Å². The second kappa shape index (κ2) is 9.79. The molecule has 1 fully saturated rings. The van der Waals surface area contributed by atoms with Crippen LogP contribution in [0.25, 0.3) is 0 Å². The molecule has 1 amide bonds. The van der Waals surface area contributed by atoms with Crippen LogP contribution in [-0.2, 0) is 6.54 Å². The maximum absolute atomic E-state index is 12.7. The molecule has 2 aromatic carbocycles. The minimum absolute atomic E-state index is 0.0783. The zero-order valence-corrected chi connectivity index (χ0v) is 17.9. The monoisotopic (exact) mass is 396 g/mol. The largest absolute Gasteiger partial charge is 0.493 e. The standard InChI is InChI=1S/C24H32N2O3/c1-17-6-5-13-26(15-17)16-19-7-9-20(10-8-19)24(27)25-18(2)21-11-12-22(28-3)23(14-21)29-4/h7-12,14,17-18H,5-6,13,15-16H2,1-4H3,(H,25,27)/t17-,18+/m1/s1. The number of methoxy groups -OCH3 is 2. The fourth-order valence-electron chi connectivity index (χ4n) is 3.94. The molecule has 0 spiro atoms. The van der Waals surface area contributed by atoms with E-state index in [1.54, 1.807) is 14.2 Å². The molecule has 0 unspecified atom stereocenters. The van der Waals surface area contributed by atoms with E-state index in [2.05, 4.69) is 29.3 Å². The van der Waals surface area contributed by atoms with Gasteiger partial charge in [0.2, 0.25) is 0 Å². The first-order valence-electron chi connectivity index (χ1n) is 10.3. The van der Waals surface area contributed by atoms with Gasteiger partial charge < -0.3 is 14.8 Å². The van der Waals surface area contributed by atoms with Crippen molar-refractivity contribution >= 4 is 5.91 Å². The Kier molecular flexibility index (Phi) is 7.15. The molecule has 156 valence electrons. The quantitative estimate of drug-likeness (QED) is 0.752. The van der Waals surface area contributed by atoms with Crippen molar-refractivity contribution in [2.45, 2.75) is 39.3 Å². The zero-order valence-electron chi connectivity index (χ0n) is 17.9. The fourth-order valence-corrected chi connectivity index (χ4v) is 3.94. The Hall–Kier alpha value is -2.53. The highest BCUT2D eigenvalue weighted by Crippen LogP contribution is 2.30. The van der Waals surface area contributed by atoms with Crippen LogP contribution in [-0.4, -0.2) is 38.1 Å². The highest BCUT2D eigenvalue weighted by molar-refractivity contribution is 5.94. The van der Waals surface area contributed by atoms with Gasteiger partial charge in [-0.1, -0.05) is 25.1 Å². The summed E-state index contributed by atoms with van der Waals surface area (Å²) >= 11 is 0. The van der Waals surface area contributed by atoms with Crippen molar-refractivity contribution in [3.05, 3.63) is 59.2 Å². The Morgan fingerprint density at radius 1 is 1.14 bits per heavy atom. The van der Waals surface area contributed by atoms with Crippen LogP contribution in [0.2, 0.25) is 0 Å². The summed E-state index contributed by atoms with van der Waals surface area (Å²) in [5, 5.41) is 3.06. The molecule has 0 aliphatic carbocycles. The Morgan fingerprint density at radius 3 is 2.52 bits per heavy atom. The van der Waals surface area contributed by atoms with Gasteiger partial charge in [0.25, 0.3) is 5.91 Å². The van der Waals surface area contributed by atoms with Gasteiger partial charge in [-0.05, 0) is 67.6 Å². The van der Waals surface area contributed by atoms with Gasteiger partial charge in [0.1, 0.15) is 0 Å². The Labute approximate surface area is 174 Å². The molecule has 1 N–H and O–H groups in total. The van der Waals surface area contributed by atoms with E-state index in [0.717, 1.165) is 31.1 Å². The molecule has 1 saturated heterocycles. The molecule has 2 aromatic rings. The maximum Gasteiger partial charge on any atom is 0.251 e. The molecule has 0 aromatic heterocycles. The molecular formula is C24H32N2O3. The minimum atomic E-state index is -0.142. The third-order valence-corrected chi connectivity index (χ3v) is 5.62. The van der Waals surface area contributed by atoms with E-state index < -0.39 is 0 Å². The van der Waals surface area contributed by atoms with Crippen molar-refractivity contribution in [3.63, 3.8) is 0 Å². The van der Waals surface area contributed by atoms with Gasteiger partial charge in [-0.15, -0.1) is 0 Å². The number of hydrogen-bond acceptors (Lipinski definition) is 4. The average Bonchev–Trinajstić information content (AvgIpc) is 2.73. The lowest BCUT2D eigenvalue weighted by Crippen LogP contribution is -2.33. The summed E-state index contributed by atoms with van der Waals surface area (Å²) in [5.41, 5.74) is 2.89. The SMILES string of the molecule is COc1ccc([C@H](C)NC(=O)c2ccc(CN3CCC[C@@H](C)C3)cc2)cc1OC. The summed E-state index contributed by atoms with van der Waals surface area (Å²) in [6, 6.07) is 13.5. The van der Waals surface area contributed by atoms with Crippen LogP contribution in [0.3, 0.4) is 0 Å². The number of hydrogen-bond donors (Lipinski definition) is 1. The Morgan fingerprint density at radius 2 is 1.86 bits per heavy atom. The van der Waals surface area contributed by atoms with Crippen molar-refractivity contribution in [2.24, 2.45) is 5.92 Å². The molecule has 1 aliphatic heterocycles. The van der Waals surface area contributed by atoms with E-state index in [4.69, 9.17) is 9.47 Å². The number of nitrogens with zero attached hydrogens (tertiary/aromatic N) is 1. The third-order valence-electron chi connectivity index (χ3n) is 5.62. The van der Waals surface area contributed by atoms with Crippen molar-refractivity contribution in [2.75, 3.05) is 27.3 Å². The van der Waals surface area contributed by atoms with Crippen LogP contribution in [0.1, 0.15) is 54.2 Å². The normalized spacial score (nSPS) is 18.1. The molecule has 3 rings (SSSR count). The number of rotatable bonds is 7. The van der Waals surface area contributed by atoms with Gasteiger partial charge in [-0.25, -0.2) is 0 Å². The molecule has 0 bridgehead atoms. The Balaban J connectivity index is 1.60. The lowest BCUT2D eigenvalue weighted by molar-refractivity contribution is 0.0940. The highest BCUT2D eigenvalue weighted by Gasteiger charge is 2.17. The predicted molar refractivity (Wildman–Crippen MR) is 116 cm³/mol. The highest BCUT2D eigenvalue weighted by atomic mass is 16.5. The van der Waals surface area contributed by atoms with Crippen LogP contribution < -0.4 is 14.8 Å².